The first-order valence-electron chi connectivity index (χ1n) is 8.89. The van der Waals surface area contributed by atoms with Gasteiger partial charge in [-0.05, 0) is 43.7 Å². The van der Waals surface area contributed by atoms with Crippen LogP contribution in [0.3, 0.4) is 0 Å². The van der Waals surface area contributed by atoms with Gasteiger partial charge in [-0.3, -0.25) is 4.79 Å². The second-order valence-electron chi connectivity index (χ2n) is 6.31. The van der Waals surface area contributed by atoms with Gasteiger partial charge in [0, 0.05) is 26.1 Å². The Morgan fingerprint density at radius 1 is 1.29 bits per heavy atom. The molecule has 1 unspecified atom stereocenters. The number of likely N-dealkylation sites (tertiary alicyclic amines) is 1. The molecule has 0 aliphatic carbocycles. The molecule has 136 valence electrons. The maximum atomic E-state index is 12.6. The predicted molar refractivity (Wildman–Crippen MR) is 101 cm³/mol. The molecule has 0 saturated carbocycles. The lowest BCUT2D eigenvalue weighted by molar-refractivity contribution is -0.134. The molecule has 2 rings (SSSR count). The Kier molecular flexibility index (Phi) is 9.99. The monoisotopic (exact) mass is 354 g/mol. The highest BCUT2D eigenvalue weighted by atomic mass is 35.5. The second-order valence-corrected chi connectivity index (χ2v) is 6.31. The summed E-state index contributed by atoms with van der Waals surface area (Å²) in [7, 11) is 0. The predicted octanol–water partition coefficient (Wildman–Crippen LogP) is 3.35. The quantitative estimate of drug-likeness (QED) is 0.728. The summed E-state index contributed by atoms with van der Waals surface area (Å²) in [6.45, 7) is 5.20. The minimum absolute atomic E-state index is 0. The number of halogens is 1. The topological polar surface area (TPSA) is 55.6 Å². The van der Waals surface area contributed by atoms with Gasteiger partial charge in [0.25, 0.3) is 0 Å². The molecule has 4 nitrogen and oxygen atoms in total. The summed E-state index contributed by atoms with van der Waals surface area (Å²) in [4.78, 5) is 14.6. The lowest BCUT2D eigenvalue weighted by Gasteiger charge is -2.33. The van der Waals surface area contributed by atoms with Crippen molar-refractivity contribution >= 4 is 18.3 Å². The fourth-order valence-electron chi connectivity index (χ4n) is 3.17. The average molecular weight is 355 g/mol. The highest BCUT2D eigenvalue weighted by Crippen LogP contribution is 2.25. The summed E-state index contributed by atoms with van der Waals surface area (Å²) in [5, 5.41) is 0. The molecule has 1 atom stereocenters. The van der Waals surface area contributed by atoms with E-state index in [2.05, 4.69) is 19.1 Å². The first-order valence-corrected chi connectivity index (χ1v) is 8.89. The molecule has 1 heterocycles. The summed E-state index contributed by atoms with van der Waals surface area (Å²) in [6, 6.07) is 10.4. The van der Waals surface area contributed by atoms with E-state index >= 15 is 0 Å². The summed E-state index contributed by atoms with van der Waals surface area (Å²) in [5.74, 6) is 0.600. The Bertz CT molecular complexity index is 462. The fraction of sp³-hybridized carbons (Fsp3) is 0.632. The number of carbonyl (C=O) groups is 1. The summed E-state index contributed by atoms with van der Waals surface area (Å²) in [5.41, 5.74) is 6.75. The Morgan fingerprint density at radius 2 is 1.96 bits per heavy atom. The van der Waals surface area contributed by atoms with E-state index in [0.717, 1.165) is 45.4 Å². The van der Waals surface area contributed by atoms with Crippen molar-refractivity contribution in [2.75, 3.05) is 26.2 Å². The van der Waals surface area contributed by atoms with Crippen molar-refractivity contribution in [2.24, 2.45) is 5.73 Å². The molecular formula is C19H31ClN2O2. The van der Waals surface area contributed by atoms with Crippen LogP contribution in [0.25, 0.3) is 0 Å². The molecule has 1 saturated heterocycles. The van der Waals surface area contributed by atoms with E-state index in [1.165, 1.54) is 5.56 Å². The Labute approximate surface area is 152 Å². The second kappa shape index (κ2) is 11.5. The number of hydrogen-bond acceptors (Lipinski definition) is 3. The molecule has 1 aromatic rings. The molecule has 0 radical (unpaired) electrons. The van der Waals surface area contributed by atoms with Gasteiger partial charge in [0.2, 0.25) is 5.91 Å². The SMILES string of the molecule is CCC(CC(=O)N1CCC(OCCCN)CC1)c1ccccc1.Cl. The number of benzene rings is 1. The molecule has 1 amide bonds. The maximum Gasteiger partial charge on any atom is 0.223 e. The minimum Gasteiger partial charge on any atom is -0.378 e. The standard InChI is InChI=1S/C19H30N2O2.ClH/c1-2-16(17-7-4-3-5-8-17)15-19(22)21-12-9-18(10-13-21)23-14-6-11-20;/h3-5,7-8,16,18H,2,6,9-15,20H2,1H3;1H. The van der Waals surface area contributed by atoms with Gasteiger partial charge in [-0.25, -0.2) is 0 Å². The molecule has 2 N–H and O–H groups in total. The van der Waals surface area contributed by atoms with Crippen LogP contribution in [0.5, 0.6) is 0 Å². The number of nitrogens with two attached hydrogens (primary N) is 1. The number of carbonyl (C=O) groups excluding carboxylic acids is 1. The van der Waals surface area contributed by atoms with Crippen molar-refractivity contribution in [3.05, 3.63) is 35.9 Å². The smallest absolute Gasteiger partial charge is 0.223 e. The largest absolute Gasteiger partial charge is 0.378 e. The van der Waals surface area contributed by atoms with Crippen LogP contribution < -0.4 is 5.73 Å². The van der Waals surface area contributed by atoms with E-state index in [0.29, 0.717) is 25.0 Å². The van der Waals surface area contributed by atoms with Gasteiger partial charge in [-0.1, -0.05) is 37.3 Å². The van der Waals surface area contributed by atoms with Crippen LogP contribution in [0.4, 0.5) is 0 Å². The van der Waals surface area contributed by atoms with Crippen molar-refractivity contribution in [1.82, 2.24) is 4.90 Å². The molecule has 1 aromatic carbocycles. The van der Waals surface area contributed by atoms with Crippen LogP contribution in [0.1, 0.15) is 50.5 Å². The van der Waals surface area contributed by atoms with E-state index < -0.39 is 0 Å². The van der Waals surface area contributed by atoms with Crippen LogP contribution in [-0.2, 0) is 9.53 Å². The van der Waals surface area contributed by atoms with Crippen molar-refractivity contribution < 1.29 is 9.53 Å². The Hall–Kier alpha value is -1.10. The Morgan fingerprint density at radius 3 is 2.54 bits per heavy atom. The summed E-state index contributed by atoms with van der Waals surface area (Å²) in [6.07, 6.45) is 4.69. The zero-order chi connectivity index (χ0) is 16.5. The fourth-order valence-corrected chi connectivity index (χ4v) is 3.17. The first kappa shape index (κ1) is 20.9. The summed E-state index contributed by atoms with van der Waals surface area (Å²) < 4.78 is 5.81. The highest BCUT2D eigenvalue weighted by molar-refractivity contribution is 5.85. The zero-order valence-electron chi connectivity index (χ0n) is 14.7. The molecule has 0 aromatic heterocycles. The van der Waals surface area contributed by atoms with Gasteiger partial charge < -0.3 is 15.4 Å². The lowest BCUT2D eigenvalue weighted by atomic mass is 9.92. The summed E-state index contributed by atoms with van der Waals surface area (Å²) >= 11 is 0. The Balaban J connectivity index is 0.00000288. The lowest BCUT2D eigenvalue weighted by Crippen LogP contribution is -2.41. The van der Waals surface area contributed by atoms with Crippen LogP contribution >= 0.6 is 12.4 Å². The zero-order valence-corrected chi connectivity index (χ0v) is 15.5. The third-order valence-electron chi connectivity index (χ3n) is 4.68. The number of hydrogen-bond donors (Lipinski definition) is 1. The van der Waals surface area contributed by atoms with Gasteiger partial charge in [0.15, 0.2) is 0 Å². The number of rotatable bonds is 8. The van der Waals surface area contributed by atoms with Gasteiger partial charge in [0.05, 0.1) is 6.10 Å². The molecule has 1 aliphatic heterocycles. The van der Waals surface area contributed by atoms with E-state index in [4.69, 9.17) is 10.5 Å². The molecule has 0 spiro atoms. The number of ether oxygens (including phenoxy) is 1. The van der Waals surface area contributed by atoms with E-state index in [1.54, 1.807) is 0 Å². The van der Waals surface area contributed by atoms with Gasteiger partial charge >= 0.3 is 0 Å². The molecule has 1 aliphatic rings. The van der Waals surface area contributed by atoms with Gasteiger partial charge in [-0.2, -0.15) is 0 Å². The molecule has 1 fully saturated rings. The molecular weight excluding hydrogens is 324 g/mol. The van der Waals surface area contributed by atoms with E-state index in [-0.39, 0.29) is 18.3 Å². The number of amides is 1. The van der Waals surface area contributed by atoms with Crippen molar-refractivity contribution in [1.29, 1.82) is 0 Å². The van der Waals surface area contributed by atoms with Crippen LogP contribution in [-0.4, -0.2) is 43.2 Å². The molecule has 5 heteroatoms. The minimum atomic E-state index is 0. The van der Waals surface area contributed by atoms with Crippen molar-refractivity contribution in [3.63, 3.8) is 0 Å². The number of piperidine rings is 1. The first-order chi connectivity index (χ1) is 11.2. The normalized spacial score (nSPS) is 16.5. The van der Waals surface area contributed by atoms with Crippen LogP contribution in [0, 0.1) is 0 Å². The third-order valence-corrected chi connectivity index (χ3v) is 4.68. The molecule has 24 heavy (non-hydrogen) atoms. The number of nitrogens with zero attached hydrogens (tertiary/aromatic N) is 1. The average Bonchev–Trinajstić information content (AvgIpc) is 2.61. The van der Waals surface area contributed by atoms with Crippen molar-refractivity contribution in [3.8, 4) is 0 Å². The highest BCUT2D eigenvalue weighted by Gasteiger charge is 2.25. The van der Waals surface area contributed by atoms with Gasteiger partial charge in [0.1, 0.15) is 0 Å². The van der Waals surface area contributed by atoms with E-state index in [1.807, 2.05) is 23.1 Å². The van der Waals surface area contributed by atoms with Crippen molar-refractivity contribution in [2.45, 2.75) is 51.0 Å². The van der Waals surface area contributed by atoms with E-state index in [9.17, 15) is 4.79 Å². The third kappa shape index (κ3) is 6.42. The van der Waals surface area contributed by atoms with Gasteiger partial charge in [-0.15, -0.1) is 12.4 Å². The maximum absolute atomic E-state index is 12.6. The van der Waals surface area contributed by atoms with Crippen LogP contribution in [0.2, 0.25) is 0 Å². The molecule has 0 bridgehead atoms. The van der Waals surface area contributed by atoms with Crippen LogP contribution in [0.15, 0.2) is 30.3 Å².